The highest BCUT2D eigenvalue weighted by molar-refractivity contribution is 6.24. The number of rotatable bonds is 3. The third kappa shape index (κ3) is 2.13. The summed E-state index contributed by atoms with van der Waals surface area (Å²) in [5, 5.41) is 15.4. The van der Waals surface area contributed by atoms with Gasteiger partial charge in [0.05, 0.1) is 11.6 Å². The topological polar surface area (TPSA) is 69.0 Å². The lowest BCUT2D eigenvalue weighted by Gasteiger charge is -2.63. The van der Waals surface area contributed by atoms with Crippen LogP contribution in [0.25, 0.3) is 10.4 Å². The van der Waals surface area contributed by atoms with Gasteiger partial charge in [0.15, 0.2) is 0 Å². The van der Waals surface area contributed by atoms with E-state index in [0.29, 0.717) is 18.3 Å². The number of alkyl halides is 1. The van der Waals surface area contributed by atoms with Crippen LogP contribution in [-0.4, -0.2) is 15.6 Å². The summed E-state index contributed by atoms with van der Waals surface area (Å²) in [7, 11) is 0. The first kappa shape index (κ1) is 14.4. The van der Waals surface area contributed by atoms with Crippen molar-refractivity contribution in [3.63, 3.8) is 0 Å². The quantitative estimate of drug-likeness (QED) is 0.377. The smallest absolute Gasteiger partial charge is 0.0705 e. The van der Waals surface area contributed by atoms with Crippen molar-refractivity contribution in [1.82, 2.24) is 0 Å². The van der Waals surface area contributed by atoms with Gasteiger partial charge in [-0.2, -0.15) is 0 Å². The van der Waals surface area contributed by atoms with Gasteiger partial charge < -0.3 is 5.11 Å². The lowest BCUT2D eigenvalue weighted by atomic mass is 9.47. The maximum absolute atomic E-state index is 11.3. The molecule has 0 aromatic heterocycles. The van der Waals surface area contributed by atoms with Crippen molar-refractivity contribution in [3.05, 3.63) is 46.3 Å². The van der Waals surface area contributed by atoms with E-state index < -0.39 is 5.60 Å². The molecule has 5 heteroatoms. The molecule has 22 heavy (non-hydrogen) atoms. The van der Waals surface area contributed by atoms with Gasteiger partial charge >= 0.3 is 0 Å². The first-order valence-corrected chi connectivity index (χ1v) is 8.41. The Morgan fingerprint density at radius 3 is 2.68 bits per heavy atom. The van der Waals surface area contributed by atoms with Gasteiger partial charge in [-0.15, -0.1) is 11.6 Å². The molecule has 0 amide bonds. The Morgan fingerprint density at radius 2 is 2.05 bits per heavy atom. The average Bonchev–Trinajstić information content (AvgIpc) is 2.44. The molecule has 5 rings (SSSR count). The number of aliphatic hydroxyl groups is 1. The second-order valence-electron chi connectivity index (χ2n) is 7.49. The van der Waals surface area contributed by atoms with Crippen LogP contribution in [0, 0.1) is 17.8 Å². The number of hydrogen-bond acceptors (Lipinski definition) is 2. The Hall–Kier alpha value is -1.22. The Morgan fingerprint density at radius 1 is 1.27 bits per heavy atom. The fourth-order valence-corrected chi connectivity index (χ4v) is 6.30. The molecule has 116 valence electrons. The minimum Gasteiger partial charge on any atom is -0.389 e. The van der Waals surface area contributed by atoms with Gasteiger partial charge in [-0.3, -0.25) is 0 Å². The summed E-state index contributed by atoms with van der Waals surface area (Å²) in [5.41, 5.74) is 9.24. The van der Waals surface area contributed by atoms with Gasteiger partial charge in [0.2, 0.25) is 0 Å². The van der Waals surface area contributed by atoms with E-state index in [1.807, 2.05) is 30.3 Å². The van der Waals surface area contributed by atoms with E-state index in [2.05, 4.69) is 10.0 Å². The number of hydrogen-bond donors (Lipinski definition) is 1. The van der Waals surface area contributed by atoms with Crippen LogP contribution in [-0.2, 0) is 0 Å². The van der Waals surface area contributed by atoms with Crippen LogP contribution < -0.4 is 0 Å². The minimum atomic E-state index is -0.791. The standard InChI is InChI=1S/C17H20ClN3O/c18-16-7-11-6-13(9-16)14(17(22,8-11)10-16)15(20-21-19)12-4-2-1-3-5-12/h1-5,11,13-15,22H,6-10H2/t11-,13-,14+,15+,16-,17-/m1/s1. The number of nitrogens with zero attached hydrogens (tertiary/aromatic N) is 3. The van der Waals surface area contributed by atoms with Gasteiger partial charge in [-0.05, 0) is 55.0 Å². The molecular formula is C17H20ClN3O. The van der Waals surface area contributed by atoms with Crippen LogP contribution in [0.5, 0.6) is 0 Å². The summed E-state index contributed by atoms with van der Waals surface area (Å²) >= 11 is 6.75. The maximum atomic E-state index is 11.3. The molecule has 4 fully saturated rings. The first-order chi connectivity index (χ1) is 10.5. The largest absolute Gasteiger partial charge is 0.389 e. The highest BCUT2D eigenvalue weighted by Crippen LogP contribution is 2.65. The molecule has 4 aliphatic carbocycles. The predicted molar refractivity (Wildman–Crippen MR) is 85.4 cm³/mol. The third-order valence-electron chi connectivity index (χ3n) is 5.97. The van der Waals surface area contributed by atoms with Crippen molar-refractivity contribution in [1.29, 1.82) is 0 Å². The van der Waals surface area contributed by atoms with Crippen molar-refractivity contribution in [2.75, 3.05) is 0 Å². The molecule has 0 radical (unpaired) electrons. The lowest BCUT2D eigenvalue weighted by Crippen LogP contribution is -2.63. The van der Waals surface area contributed by atoms with Gasteiger partial charge in [0.25, 0.3) is 0 Å². The van der Waals surface area contributed by atoms with E-state index in [1.165, 1.54) is 0 Å². The predicted octanol–water partition coefficient (Wildman–Crippen LogP) is 4.59. The Balaban J connectivity index is 1.76. The van der Waals surface area contributed by atoms with Crippen LogP contribution in [0.4, 0.5) is 0 Å². The molecular weight excluding hydrogens is 298 g/mol. The van der Waals surface area contributed by atoms with E-state index in [-0.39, 0.29) is 16.8 Å². The molecule has 0 saturated heterocycles. The number of halogens is 1. The Bertz CT molecular complexity index is 632. The molecule has 0 unspecified atom stereocenters. The van der Waals surface area contributed by atoms with Crippen LogP contribution in [0.3, 0.4) is 0 Å². The van der Waals surface area contributed by atoms with Gasteiger partial charge in [-0.25, -0.2) is 0 Å². The van der Waals surface area contributed by atoms with Crippen molar-refractivity contribution in [2.24, 2.45) is 22.9 Å². The van der Waals surface area contributed by atoms with Crippen LogP contribution in [0.1, 0.15) is 43.7 Å². The second-order valence-corrected chi connectivity index (χ2v) is 8.29. The summed E-state index contributed by atoms with van der Waals surface area (Å²) < 4.78 is 0. The fraction of sp³-hybridized carbons (Fsp3) is 0.647. The monoisotopic (exact) mass is 317 g/mol. The molecule has 1 aromatic carbocycles. The zero-order valence-corrected chi connectivity index (χ0v) is 13.2. The average molecular weight is 318 g/mol. The van der Waals surface area contributed by atoms with E-state index in [0.717, 1.165) is 31.2 Å². The fourth-order valence-electron chi connectivity index (χ4n) is 5.66. The molecule has 0 spiro atoms. The van der Waals surface area contributed by atoms with Gasteiger partial charge in [0, 0.05) is 15.7 Å². The zero-order chi connectivity index (χ0) is 15.4. The van der Waals surface area contributed by atoms with E-state index in [9.17, 15) is 5.11 Å². The minimum absolute atomic E-state index is 0.0192. The Labute approximate surface area is 135 Å². The summed E-state index contributed by atoms with van der Waals surface area (Å²) in [5.74, 6) is 0.849. The van der Waals surface area contributed by atoms with E-state index in [1.54, 1.807) is 0 Å². The highest BCUT2D eigenvalue weighted by Gasteiger charge is 2.63. The SMILES string of the molecule is [N-]=[N+]=N[C@@H](c1ccccc1)[C@@H]1[C@@H]2C[C@@H]3C[C@@](Cl)(C2)C[C@]1(O)C3. The van der Waals surface area contributed by atoms with E-state index >= 15 is 0 Å². The molecule has 4 aliphatic rings. The highest BCUT2D eigenvalue weighted by atomic mass is 35.5. The van der Waals surface area contributed by atoms with Gasteiger partial charge in [-0.1, -0.05) is 35.4 Å². The van der Waals surface area contributed by atoms with E-state index in [4.69, 9.17) is 17.1 Å². The van der Waals surface area contributed by atoms with Crippen molar-refractivity contribution in [2.45, 2.75) is 48.6 Å². The summed E-state index contributed by atoms with van der Waals surface area (Å²) in [6.45, 7) is 0. The summed E-state index contributed by atoms with van der Waals surface area (Å²) in [4.78, 5) is 2.83. The van der Waals surface area contributed by atoms with Crippen LogP contribution >= 0.6 is 11.6 Å². The summed E-state index contributed by atoms with van der Waals surface area (Å²) in [6.07, 6.45) is 4.49. The molecule has 0 aliphatic heterocycles. The van der Waals surface area contributed by atoms with Crippen molar-refractivity contribution in [3.8, 4) is 0 Å². The first-order valence-electron chi connectivity index (χ1n) is 8.03. The van der Waals surface area contributed by atoms with Gasteiger partial charge in [0.1, 0.15) is 0 Å². The second kappa shape index (κ2) is 4.89. The maximum Gasteiger partial charge on any atom is 0.0705 e. The van der Waals surface area contributed by atoms with Crippen LogP contribution in [0.2, 0.25) is 0 Å². The van der Waals surface area contributed by atoms with Crippen molar-refractivity contribution >= 4 is 11.6 Å². The normalized spacial score (nSPS) is 43.6. The lowest BCUT2D eigenvalue weighted by molar-refractivity contribution is -0.170. The summed E-state index contributed by atoms with van der Waals surface area (Å²) in [6, 6.07) is 9.54. The molecule has 1 N–H and O–H groups in total. The van der Waals surface area contributed by atoms with Crippen molar-refractivity contribution < 1.29 is 5.11 Å². The van der Waals surface area contributed by atoms with Crippen LogP contribution in [0.15, 0.2) is 35.4 Å². The molecule has 4 bridgehead atoms. The zero-order valence-electron chi connectivity index (χ0n) is 12.4. The number of benzene rings is 1. The molecule has 0 heterocycles. The molecule has 4 saturated carbocycles. The molecule has 6 atom stereocenters. The molecule has 4 nitrogen and oxygen atoms in total. The molecule has 1 aromatic rings. The number of azide groups is 1. The third-order valence-corrected chi connectivity index (χ3v) is 6.41. The Kier molecular flexibility index (Phi) is 3.19.